The Bertz CT molecular complexity index is 276. The maximum Gasteiger partial charge on any atom is 0.172 e. The van der Waals surface area contributed by atoms with E-state index in [4.69, 9.17) is 9.47 Å². The fraction of sp³-hybridized carbons (Fsp3) is 0.917. The number of hydrogen-bond acceptors (Lipinski definition) is 4. The Morgan fingerprint density at radius 1 is 1.19 bits per heavy atom. The summed E-state index contributed by atoms with van der Waals surface area (Å²) >= 11 is 1.85. The summed E-state index contributed by atoms with van der Waals surface area (Å²) in [4.78, 5) is 0. The number of nitriles is 1. The van der Waals surface area contributed by atoms with Crippen LogP contribution in [0.2, 0.25) is 0 Å². The third-order valence-corrected chi connectivity index (χ3v) is 5.39. The molecule has 0 saturated heterocycles. The van der Waals surface area contributed by atoms with E-state index in [2.05, 4.69) is 6.07 Å². The standard InChI is InChI=1S/C12H19NO2S/c1-14-12(15-2)7-11(8-12,9-13)16-10-5-3-4-6-10/h10H,3-8H2,1-2H3. The molecule has 0 aromatic rings. The van der Waals surface area contributed by atoms with Crippen molar-refractivity contribution in [3.8, 4) is 6.07 Å². The minimum Gasteiger partial charge on any atom is -0.353 e. The molecule has 2 rings (SSSR count). The first-order valence-electron chi connectivity index (χ1n) is 5.87. The molecule has 0 amide bonds. The van der Waals surface area contributed by atoms with Gasteiger partial charge in [-0.15, -0.1) is 11.8 Å². The molecule has 0 atom stereocenters. The Morgan fingerprint density at radius 2 is 1.75 bits per heavy atom. The smallest absolute Gasteiger partial charge is 0.172 e. The zero-order valence-electron chi connectivity index (χ0n) is 9.99. The Morgan fingerprint density at radius 3 is 2.19 bits per heavy atom. The second-order valence-corrected chi connectivity index (χ2v) is 6.49. The van der Waals surface area contributed by atoms with Gasteiger partial charge in [0, 0.05) is 32.3 Å². The van der Waals surface area contributed by atoms with E-state index in [1.807, 2.05) is 11.8 Å². The van der Waals surface area contributed by atoms with Crippen molar-refractivity contribution < 1.29 is 9.47 Å². The van der Waals surface area contributed by atoms with Crippen molar-refractivity contribution in [3.05, 3.63) is 0 Å². The highest BCUT2D eigenvalue weighted by Gasteiger charge is 2.57. The van der Waals surface area contributed by atoms with E-state index < -0.39 is 5.79 Å². The van der Waals surface area contributed by atoms with Gasteiger partial charge in [0.1, 0.15) is 4.75 Å². The zero-order valence-corrected chi connectivity index (χ0v) is 10.8. The molecule has 0 bridgehead atoms. The summed E-state index contributed by atoms with van der Waals surface area (Å²) in [5, 5.41) is 10.0. The van der Waals surface area contributed by atoms with Gasteiger partial charge >= 0.3 is 0 Å². The van der Waals surface area contributed by atoms with E-state index in [1.54, 1.807) is 14.2 Å². The van der Waals surface area contributed by atoms with E-state index in [-0.39, 0.29) is 4.75 Å². The highest BCUT2D eigenvalue weighted by molar-refractivity contribution is 8.01. The molecule has 4 heteroatoms. The maximum atomic E-state index is 9.34. The molecule has 0 unspecified atom stereocenters. The van der Waals surface area contributed by atoms with Gasteiger partial charge in [-0.2, -0.15) is 5.26 Å². The Kier molecular flexibility index (Phi) is 3.48. The molecule has 2 aliphatic rings. The number of thioether (sulfide) groups is 1. The molecule has 0 aliphatic heterocycles. The Balaban J connectivity index is 1.94. The molecule has 2 aliphatic carbocycles. The first-order valence-corrected chi connectivity index (χ1v) is 6.75. The largest absolute Gasteiger partial charge is 0.353 e. The minimum atomic E-state index is -0.499. The lowest BCUT2D eigenvalue weighted by Gasteiger charge is -2.50. The summed E-state index contributed by atoms with van der Waals surface area (Å²) in [7, 11) is 3.32. The number of nitrogens with zero attached hydrogens (tertiary/aromatic N) is 1. The second-order valence-electron chi connectivity index (χ2n) is 4.80. The van der Waals surface area contributed by atoms with Gasteiger partial charge < -0.3 is 9.47 Å². The summed E-state index contributed by atoms with van der Waals surface area (Å²) in [6.45, 7) is 0. The SMILES string of the molecule is COC1(OC)CC(C#N)(SC2CCCC2)C1. The summed E-state index contributed by atoms with van der Waals surface area (Å²) in [6.07, 6.45) is 6.56. The molecule has 90 valence electrons. The molecular formula is C12H19NO2S. The zero-order chi connectivity index (χ0) is 11.6. The van der Waals surface area contributed by atoms with Crippen LogP contribution < -0.4 is 0 Å². The highest BCUT2D eigenvalue weighted by atomic mass is 32.2. The molecule has 0 heterocycles. The van der Waals surface area contributed by atoms with Gasteiger partial charge in [-0.1, -0.05) is 12.8 Å². The predicted molar refractivity (Wildman–Crippen MR) is 64.2 cm³/mol. The van der Waals surface area contributed by atoms with Crippen molar-refractivity contribution in [1.29, 1.82) is 5.26 Å². The molecule has 16 heavy (non-hydrogen) atoms. The summed E-state index contributed by atoms with van der Waals surface area (Å²) < 4.78 is 10.5. The van der Waals surface area contributed by atoms with E-state index in [9.17, 15) is 5.26 Å². The quantitative estimate of drug-likeness (QED) is 0.710. The van der Waals surface area contributed by atoms with Crippen molar-refractivity contribution >= 4 is 11.8 Å². The van der Waals surface area contributed by atoms with Crippen molar-refractivity contribution in [2.24, 2.45) is 0 Å². The van der Waals surface area contributed by atoms with Gasteiger partial charge in [0.2, 0.25) is 0 Å². The first kappa shape index (κ1) is 12.2. The molecule has 0 spiro atoms. The van der Waals surface area contributed by atoms with Gasteiger partial charge in [-0.3, -0.25) is 0 Å². The molecule has 0 N–H and O–H groups in total. The van der Waals surface area contributed by atoms with Crippen LogP contribution in [-0.4, -0.2) is 30.0 Å². The van der Waals surface area contributed by atoms with Crippen molar-refractivity contribution in [2.45, 2.75) is 54.3 Å². The molecule has 0 aromatic heterocycles. The number of hydrogen-bond donors (Lipinski definition) is 0. The third kappa shape index (κ3) is 2.09. The van der Waals surface area contributed by atoms with Crippen molar-refractivity contribution in [3.63, 3.8) is 0 Å². The van der Waals surface area contributed by atoms with Crippen LogP contribution in [0.1, 0.15) is 38.5 Å². The van der Waals surface area contributed by atoms with Gasteiger partial charge in [0.25, 0.3) is 0 Å². The normalized spacial score (nSPS) is 27.3. The fourth-order valence-corrected chi connectivity index (χ4v) is 4.57. The van der Waals surface area contributed by atoms with E-state index in [1.165, 1.54) is 25.7 Å². The third-order valence-electron chi connectivity index (χ3n) is 3.75. The first-order chi connectivity index (χ1) is 7.67. The number of rotatable bonds is 4. The highest BCUT2D eigenvalue weighted by Crippen LogP contribution is 2.55. The van der Waals surface area contributed by atoms with Gasteiger partial charge in [0.15, 0.2) is 5.79 Å². The van der Waals surface area contributed by atoms with Crippen LogP contribution in [0.5, 0.6) is 0 Å². The Labute approximate surface area is 101 Å². The molecule has 2 saturated carbocycles. The van der Waals surface area contributed by atoms with Crippen LogP contribution in [-0.2, 0) is 9.47 Å². The summed E-state index contributed by atoms with van der Waals surface area (Å²) in [5.74, 6) is -0.499. The minimum absolute atomic E-state index is 0.263. The lowest BCUT2D eigenvalue weighted by Crippen LogP contribution is -2.57. The maximum absolute atomic E-state index is 9.34. The molecule has 2 fully saturated rings. The lowest BCUT2D eigenvalue weighted by molar-refractivity contribution is -0.255. The van der Waals surface area contributed by atoms with E-state index >= 15 is 0 Å². The average molecular weight is 241 g/mol. The average Bonchev–Trinajstić information content (AvgIpc) is 2.76. The number of ether oxygens (including phenoxy) is 2. The van der Waals surface area contributed by atoms with Crippen LogP contribution in [0.3, 0.4) is 0 Å². The predicted octanol–water partition coefficient (Wildman–Crippen LogP) is 2.71. The molecule has 0 aromatic carbocycles. The van der Waals surface area contributed by atoms with Crippen LogP contribution in [0.15, 0.2) is 0 Å². The lowest BCUT2D eigenvalue weighted by atomic mass is 9.78. The van der Waals surface area contributed by atoms with Crippen molar-refractivity contribution in [1.82, 2.24) is 0 Å². The van der Waals surface area contributed by atoms with E-state index in [0.29, 0.717) is 18.1 Å². The summed E-state index contributed by atoms with van der Waals surface area (Å²) in [5.41, 5.74) is 0. The van der Waals surface area contributed by atoms with Crippen LogP contribution in [0.25, 0.3) is 0 Å². The Hall–Kier alpha value is -0.240. The van der Waals surface area contributed by atoms with Crippen LogP contribution in [0, 0.1) is 11.3 Å². The van der Waals surface area contributed by atoms with Crippen LogP contribution in [0.4, 0.5) is 0 Å². The van der Waals surface area contributed by atoms with Crippen molar-refractivity contribution in [2.75, 3.05) is 14.2 Å². The molecular weight excluding hydrogens is 222 g/mol. The van der Waals surface area contributed by atoms with Crippen LogP contribution >= 0.6 is 11.8 Å². The topological polar surface area (TPSA) is 42.2 Å². The number of methoxy groups -OCH3 is 2. The molecule has 3 nitrogen and oxygen atoms in total. The second kappa shape index (κ2) is 4.56. The van der Waals surface area contributed by atoms with Gasteiger partial charge in [-0.05, 0) is 12.8 Å². The molecule has 0 radical (unpaired) electrons. The van der Waals surface area contributed by atoms with Gasteiger partial charge in [0.05, 0.1) is 6.07 Å². The monoisotopic (exact) mass is 241 g/mol. The van der Waals surface area contributed by atoms with Gasteiger partial charge in [-0.25, -0.2) is 0 Å². The fourth-order valence-electron chi connectivity index (χ4n) is 2.70. The summed E-state index contributed by atoms with van der Waals surface area (Å²) in [6, 6.07) is 2.47. The van der Waals surface area contributed by atoms with E-state index in [0.717, 1.165) is 0 Å².